The average Bonchev–Trinajstić information content (AvgIpc) is 3.50. The number of nitrogens with zero attached hydrogens (tertiary/aromatic N) is 4. The smallest absolute Gasteiger partial charge is 0.355 e. The van der Waals surface area contributed by atoms with Crippen LogP contribution in [-0.2, 0) is 32.3 Å². The molecule has 182 valence electrons. The molecule has 0 aliphatic carbocycles. The lowest BCUT2D eigenvalue weighted by atomic mass is 9.83. The van der Waals surface area contributed by atoms with E-state index in [0.717, 1.165) is 16.2 Å². The van der Waals surface area contributed by atoms with Gasteiger partial charge in [0, 0.05) is 30.2 Å². The van der Waals surface area contributed by atoms with Crippen LogP contribution in [0.3, 0.4) is 0 Å². The van der Waals surface area contributed by atoms with Gasteiger partial charge in [0.1, 0.15) is 29.2 Å². The number of hydrogen-bond acceptors (Lipinski definition) is 9. The summed E-state index contributed by atoms with van der Waals surface area (Å²) in [5.74, 6) is -1.58. The number of aliphatic hydroxyl groups excluding tert-OH is 1. The van der Waals surface area contributed by atoms with Gasteiger partial charge in [0.15, 0.2) is 0 Å². The topological polar surface area (TPSA) is 137 Å². The molecule has 0 unspecified atom stereocenters. The van der Waals surface area contributed by atoms with E-state index in [1.807, 2.05) is 9.78 Å². The first-order valence-corrected chi connectivity index (χ1v) is 11.8. The number of nitro benzene ring substituents is 1. The second-order valence-corrected chi connectivity index (χ2v) is 9.35. The van der Waals surface area contributed by atoms with Crippen molar-refractivity contribution in [2.75, 3.05) is 7.11 Å². The van der Waals surface area contributed by atoms with E-state index in [4.69, 9.17) is 9.47 Å². The van der Waals surface area contributed by atoms with Gasteiger partial charge in [-0.3, -0.25) is 19.3 Å². The third-order valence-corrected chi connectivity index (χ3v) is 7.36. The van der Waals surface area contributed by atoms with Crippen LogP contribution < -0.4 is 0 Å². The summed E-state index contributed by atoms with van der Waals surface area (Å²) in [7, 11) is 1.59. The molecule has 0 saturated carbocycles. The van der Waals surface area contributed by atoms with E-state index < -0.39 is 22.9 Å². The fraction of sp³-hybridized carbons (Fsp3) is 0.348. The summed E-state index contributed by atoms with van der Waals surface area (Å²) in [5.41, 5.74) is 2.82. The molecular formula is C23H22N4O7S. The number of β-lactam (4-membered cyclic amide) rings is 1. The maximum atomic E-state index is 13.3. The molecular weight excluding hydrogens is 476 g/mol. The highest BCUT2D eigenvalue weighted by Crippen LogP contribution is 2.48. The number of thiazole rings is 1. The third-order valence-electron chi connectivity index (χ3n) is 6.37. The fourth-order valence-corrected chi connectivity index (χ4v) is 5.70. The van der Waals surface area contributed by atoms with E-state index in [0.29, 0.717) is 24.2 Å². The number of amides is 1. The van der Waals surface area contributed by atoms with Crippen molar-refractivity contribution in [3.05, 3.63) is 68.7 Å². The Morgan fingerprint density at radius 3 is 2.74 bits per heavy atom. The Morgan fingerprint density at radius 1 is 1.34 bits per heavy atom. The van der Waals surface area contributed by atoms with Crippen molar-refractivity contribution < 1.29 is 29.1 Å². The number of methoxy groups -OCH3 is 1. The van der Waals surface area contributed by atoms with Crippen LogP contribution in [0, 0.1) is 16.0 Å². The Morgan fingerprint density at radius 2 is 2.09 bits per heavy atom. The maximum Gasteiger partial charge on any atom is 0.355 e. The van der Waals surface area contributed by atoms with Gasteiger partial charge in [-0.15, -0.1) is 11.3 Å². The molecule has 0 radical (unpaired) electrons. The molecule has 2 aliphatic rings. The quantitative estimate of drug-likeness (QED) is 0.217. The molecule has 1 saturated heterocycles. The molecule has 2 aromatic heterocycles. The zero-order valence-corrected chi connectivity index (χ0v) is 19.7. The van der Waals surface area contributed by atoms with Gasteiger partial charge in [-0.05, 0) is 31.0 Å². The minimum absolute atomic E-state index is 0.0614. The van der Waals surface area contributed by atoms with E-state index in [-0.39, 0.29) is 29.9 Å². The molecule has 35 heavy (non-hydrogen) atoms. The molecule has 5 rings (SSSR count). The van der Waals surface area contributed by atoms with Gasteiger partial charge < -0.3 is 19.5 Å². The lowest BCUT2D eigenvalue weighted by Crippen LogP contribution is -2.61. The highest BCUT2D eigenvalue weighted by molar-refractivity contribution is 7.15. The number of fused-ring (bicyclic) bond motifs is 2. The van der Waals surface area contributed by atoms with E-state index in [9.17, 15) is 24.8 Å². The molecule has 1 N–H and O–H groups in total. The number of carbonyl (C=O) groups excluding carboxylic acids is 2. The molecule has 11 nitrogen and oxygen atoms in total. The SMILES string of the molecule is COCc1ncn2c(C3=C(C(=O)OCc4ccc([N+](=O)[O-])cc4)N4C(=O)[C@H]([C@@H](C)O)[C@H]4C3)csc12. The summed E-state index contributed by atoms with van der Waals surface area (Å²) in [6.45, 7) is 1.80. The maximum absolute atomic E-state index is 13.3. The minimum Gasteiger partial charge on any atom is -0.456 e. The van der Waals surface area contributed by atoms with Gasteiger partial charge in [-0.25, -0.2) is 9.78 Å². The predicted octanol–water partition coefficient (Wildman–Crippen LogP) is 2.52. The lowest BCUT2D eigenvalue weighted by molar-refractivity contribution is -0.384. The van der Waals surface area contributed by atoms with E-state index in [1.165, 1.54) is 40.5 Å². The summed E-state index contributed by atoms with van der Waals surface area (Å²) in [5, 5.41) is 22.9. The summed E-state index contributed by atoms with van der Waals surface area (Å²) < 4.78 is 12.6. The number of benzene rings is 1. The third kappa shape index (κ3) is 3.79. The van der Waals surface area contributed by atoms with Crippen LogP contribution in [0.5, 0.6) is 0 Å². The number of carbonyl (C=O) groups is 2. The number of nitro groups is 1. The van der Waals surface area contributed by atoms with Crippen molar-refractivity contribution in [1.82, 2.24) is 14.3 Å². The minimum atomic E-state index is -0.843. The molecule has 12 heteroatoms. The Kier molecular flexibility index (Phi) is 5.87. The van der Waals surface area contributed by atoms with Crippen molar-refractivity contribution in [1.29, 1.82) is 0 Å². The molecule has 1 amide bonds. The largest absolute Gasteiger partial charge is 0.456 e. The van der Waals surface area contributed by atoms with Gasteiger partial charge in [-0.2, -0.15) is 0 Å². The molecule has 4 heterocycles. The van der Waals surface area contributed by atoms with Crippen LogP contribution in [0.15, 0.2) is 41.7 Å². The second kappa shape index (κ2) is 8.87. The highest BCUT2D eigenvalue weighted by Gasteiger charge is 2.57. The van der Waals surface area contributed by atoms with Crippen LogP contribution in [0.4, 0.5) is 5.69 Å². The van der Waals surface area contributed by atoms with E-state index in [2.05, 4.69) is 4.98 Å². The van der Waals surface area contributed by atoms with Crippen LogP contribution in [0.2, 0.25) is 0 Å². The first-order valence-electron chi connectivity index (χ1n) is 10.9. The van der Waals surface area contributed by atoms with Crippen molar-refractivity contribution >= 4 is 39.3 Å². The number of hydrogen-bond donors (Lipinski definition) is 1. The standard InChI is InChI=1S/C23H22N4O7S/c1-12(28)19-17-7-15(18-10-35-22-16(9-33-2)24-11-25(18)22)20(26(17)21(19)29)23(30)34-8-13-3-5-14(6-4-13)27(31)32/h3-6,10-12,17,19,28H,7-9H2,1-2H3/t12-,17-,19-/m1/s1. The normalized spacial score (nSPS) is 20.2. The lowest BCUT2D eigenvalue weighted by Gasteiger charge is -2.44. The van der Waals surface area contributed by atoms with Crippen LogP contribution in [0.1, 0.15) is 30.3 Å². The number of rotatable bonds is 8. The van der Waals surface area contributed by atoms with Crippen LogP contribution in [0.25, 0.3) is 10.4 Å². The molecule has 0 bridgehead atoms. The number of esters is 1. The average molecular weight is 499 g/mol. The zero-order valence-electron chi connectivity index (χ0n) is 18.9. The Bertz CT molecular complexity index is 1360. The predicted molar refractivity (Wildman–Crippen MR) is 124 cm³/mol. The molecule has 1 fully saturated rings. The first-order chi connectivity index (χ1) is 16.8. The Balaban J connectivity index is 1.47. The van der Waals surface area contributed by atoms with Crippen molar-refractivity contribution in [2.24, 2.45) is 5.92 Å². The summed E-state index contributed by atoms with van der Waals surface area (Å²) >= 11 is 1.46. The summed E-state index contributed by atoms with van der Waals surface area (Å²) in [6, 6.07) is 5.37. The van der Waals surface area contributed by atoms with Crippen molar-refractivity contribution in [3.63, 3.8) is 0 Å². The van der Waals surface area contributed by atoms with Crippen molar-refractivity contribution in [2.45, 2.75) is 38.7 Å². The molecule has 3 aromatic rings. The van der Waals surface area contributed by atoms with E-state index in [1.54, 1.807) is 20.4 Å². The monoisotopic (exact) mass is 498 g/mol. The number of non-ortho nitro benzene ring substituents is 1. The number of aromatic nitrogens is 2. The fourth-order valence-electron chi connectivity index (χ4n) is 4.71. The summed E-state index contributed by atoms with van der Waals surface area (Å²) in [4.78, 5) is 43.2. The number of imidazole rings is 1. The zero-order chi connectivity index (χ0) is 24.9. The first kappa shape index (κ1) is 23.1. The molecule has 0 spiro atoms. The number of aliphatic hydroxyl groups is 1. The number of ether oxygens (including phenoxy) is 2. The summed E-state index contributed by atoms with van der Waals surface area (Å²) in [6.07, 6.45) is 1.21. The molecule has 3 atom stereocenters. The Hall–Kier alpha value is -3.61. The van der Waals surface area contributed by atoms with Gasteiger partial charge in [0.25, 0.3) is 5.69 Å². The van der Waals surface area contributed by atoms with Crippen molar-refractivity contribution in [3.8, 4) is 0 Å². The molecule has 1 aromatic carbocycles. The van der Waals surface area contributed by atoms with Gasteiger partial charge in [0.2, 0.25) is 5.91 Å². The van der Waals surface area contributed by atoms with Gasteiger partial charge >= 0.3 is 5.97 Å². The van der Waals surface area contributed by atoms with Crippen LogP contribution in [-0.4, -0.2) is 55.4 Å². The van der Waals surface area contributed by atoms with Gasteiger partial charge in [0.05, 0.1) is 35.3 Å². The Labute approximate surface area is 203 Å². The molecule has 2 aliphatic heterocycles. The van der Waals surface area contributed by atoms with Gasteiger partial charge in [-0.1, -0.05) is 0 Å². The van der Waals surface area contributed by atoms with E-state index >= 15 is 0 Å². The van der Waals surface area contributed by atoms with Crippen LogP contribution >= 0.6 is 11.3 Å². The highest BCUT2D eigenvalue weighted by atomic mass is 32.1. The second-order valence-electron chi connectivity index (χ2n) is 8.49.